The maximum atomic E-state index is 12.1. The summed E-state index contributed by atoms with van der Waals surface area (Å²) in [7, 11) is 0. The van der Waals surface area contributed by atoms with Crippen molar-refractivity contribution in [2.45, 2.75) is 19.6 Å². The molecule has 4 rings (SSSR count). The number of benzene rings is 3. The smallest absolute Gasteiger partial charge is 0.344 e. The molecule has 0 N–H and O–H groups in total. The van der Waals surface area contributed by atoms with Gasteiger partial charge in [-0.1, -0.05) is 41.9 Å². The maximum Gasteiger partial charge on any atom is 0.344 e. The van der Waals surface area contributed by atoms with Crippen LogP contribution in [-0.2, 0) is 22.7 Å². The van der Waals surface area contributed by atoms with Crippen LogP contribution >= 0.6 is 11.6 Å². The standard InChI is InChI=1S/C25H23ClO6/c26-22-13-19(14-23-25(22)29-12-4-11-28-23)16-32-24(27)17-31-21-9-7-20(8-10-21)30-15-18-5-2-1-3-6-18/h1-3,5-10,13-14H,4,11-12,15-17H2. The molecule has 7 heteroatoms. The number of ether oxygens (including phenoxy) is 5. The third kappa shape index (κ3) is 6.08. The molecule has 0 radical (unpaired) electrons. The Balaban J connectivity index is 1.23. The molecule has 0 aliphatic carbocycles. The first-order valence-electron chi connectivity index (χ1n) is 10.3. The molecule has 166 valence electrons. The summed E-state index contributed by atoms with van der Waals surface area (Å²) in [5.74, 6) is 1.87. The van der Waals surface area contributed by atoms with Gasteiger partial charge in [0.2, 0.25) is 0 Å². The fraction of sp³-hybridized carbons (Fsp3) is 0.240. The lowest BCUT2D eigenvalue weighted by Crippen LogP contribution is -2.14. The molecule has 0 spiro atoms. The number of fused-ring (bicyclic) bond motifs is 1. The zero-order valence-corrected chi connectivity index (χ0v) is 18.2. The largest absolute Gasteiger partial charge is 0.489 e. The van der Waals surface area contributed by atoms with Gasteiger partial charge in [-0.2, -0.15) is 0 Å². The van der Waals surface area contributed by atoms with Gasteiger partial charge >= 0.3 is 5.97 Å². The van der Waals surface area contributed by atoms with Crippen molar-refractivity contribution in [1.82, 2.24) is 0 Å². The first kappa shape index (κ1) is 21.8. The van der Waals surface area contributed by atoms with Crippen molar-refractivity contribution in [1.29, 1.82) is 0 Å². The third-order valence-corrected chi connectivity index (χ3v) is 4.97. The molecule has 0 fully saturated rings. The first-order chi connectivity index (χ1) is 15.7. The van der Waals surface area contributed by atoms with E-state index in [1.165, 1.54) is 0 Å². The van der Waals surface area contributed by atoms with Gasteiger partial charge in [0.1, 0.15) is 24.7 Å². The average Bonchev–Trinajstić information content (AvgIpc) is 3.07. The van der Waals surface area contributed by atoms with Crippen LogP contribution < -0.4 is 18.9 Å². The van der Waals surface area contributed by atoms with Crippen molar-refractivity contribution < 1.29 is 28.5 Å². The molecule has 0 atom stereocenters. The Kier molecular flexibility index (Phi) is 7.35. The second-order valence-electron chi connectivity index (χ2n) is 7.15. The minimum atomic E-state index is -0.488. The maximum absolute atomic E-state index is 12.1. The van der Waals surface area contributed by atoms with Gasteiger partial charge < -0.3 is 23.7 Å². The first-order valence-corrected chi connectivity index (χ1v) is 10.7. The van der Waals surface area contributed by atoms with E-state index < -0.39 is 5.97 Å². The molecule has 3 aromatic carbocycles. The number of esters is 1. The van der Waals surface area contributed by atoms with Crippen molar-refractivity contribution in [2.24, 2.45) is 0 Å². The number of carbonyl (C=O) groups is 1. The normalized spacial score (nSPS) is 12.5. The third-order valence-electron chi connectivity index (χ3n) is 4.69. The van der Waals surface area contributed by atoms with E-state index in [9.17, 15) is 4.79 Å². The van der Waals surface area contributed by atoms with Crippen LogP contribution in [0.4, 0.5) is 0 Å². The zero-order chi connectivity index (χ0) is 22.2. The van der Waals surface area contributed by atoms with Gasteiger partial charge in [-0.05, 0) is 47.5 Å². The zero-order valence-electron chi connectivity index (χ0n) is 17.4. The molecule has 1 aliphatic heterocycles. The fourth-order valence-corrected chi connectivity index (χ4v) is 3.38. The van der Waals surface area contributed by atoms with Crippen molar-refractivity contribution in [3.8, 4) is 23.0 Å². The summed E-state index contributed by atoms with van der Waals surface area (Å²) >= 11 is 6.27. The Morgan fingerprint density at radius 2 is 1.56 bits per heavy atom. The van der Waals surface area contributed by atoms with Crippen molar-refractivity contribution >= 4 is 17.6 Å². The Morgan fingerprint density at radius 1 is 0.844 bits per heavy atom. The van der Waals surface area contributed by atoms with Gasteiger partial charge in [0.25, 0.3) is 0 Å². The average molecular weight is 455 g/mol. The van der Waals surface area contributed by atoms with E-state index in [-0.39, 0.29) is 13.2 Å². The number of hydrogen-bond donors (Lipinski definition) is 0. The topological polar surface area (TPSA) is 63.2 Å². The fourth-order valence-electron chi connectivity index (χ4n) is 3.09. The molecular formula is C25H23ClO6. The molecule has 3 aromatic rings. The molecule has 0 aromatic heterocycles. The minimum Gasteiger partial charge on any atom is -0.489 e. The Morgan fingerprint density at radius 3 is 2.34 bits per heavy atom. The monoisotopic (exact) mass is 454 g/mol. The molecule has 1 aliphatic rings. The molecule has 1 heterocycles. The highest BCUT2D eigenvalue weighted by atomic mass is 35.5. The van der Waals surface area contributed by atoms with Crippen molar-refractivity contribution in [3.05, 3.63) is 82.9 Å². The number of halogens is 1. The van der Waals surface area contributed by atoms with E-state index in [1.807, 2.05) is 30.3 Å². The highest BCUT2D eigenvalue weighted by Crippen LogP contribution is 2.38. The molecule has 32 heavy (non-hydrogen) atoms. The van der Waals surface area contributed by atoms with Crippen molar-refractivity contribution in [2.75, 3.05) is 19.8 Å². The Bertz CT molecular complexity index is 1040. The molecular weight excluding hydrogens is 432 g/mol. The number of rotatable bonds is 8. The quantitative estimate of drug-likeness (QED) is 0.436. The predicted octanol–water partition coefficient (Wildman–Crippen LogP) is 5.20. The summed E-state index contributed by atoms with van der Waals surface area (Å²) in [6.45, 7) is 1.44. The Hall–Kier alpha value is -3.38. The van der Waals surface area contributed by atoms with Gasteiger partial charge in [0.15, 0.2) is 18.1 Å². The van der Waals surface area contributed by atoms with Crippen LogP contribution in [0.5, 0.6) is 23.0 Å². The van der Waals surface area contributed by atoms with Crippen LogP contribution in [-0.4, -0.2) is 25.8 Å². The van der Waals surface area contributed by atoms with Crippen molar-refractivity contribution in [3.63, 3.8) is 0 Å². The molecule has 0 amide bonds. The summed E-state index contributed by atoms with van der Waals surface area (Å²) < 4.78 is 27.8. The SMILES string of the molecule is O=C(COc1ccc(OCc2ccccc2)cc1)OCc1cc(Cl)c2c(c1)OCCCO2. The molecule has 0 saturated carbocycles. The predicted molar refractivity (Wildman–Crippen MR) is 120 cm³/mol. The molecule has 0 bridgehead atoms. The Labute approximate surface area is 191 Å². The molecule has 6 nitrogen and oxygen atoms in total. The summed E-state index contributed by atoms with van der Waals surface area (Å²) in [6, 6.07) is 20.5. The van der Waals surface area contributed by atoms with Crippen LogP contribution in [0.3, 0.4) is 0 Å². The molecule has 0 unspecified atom stereocenters. The highest BCUT2D eigenvalue weighted by Gasteiger charge is 2.16. The number of carbonyl (C=O) groups excluding carboxylic acids is 1. The summed E-state index contributed by atoms with van der Waals surface area (Å²) in [4.78, 5) is 12.1. The van der Waals surface area contributed by atoms with Gasteiger partial charge in [-0.25, -0.2) is 4.79 Å². The number of hydrogen-bond acceptors (Lipinski definition) is 6. The van der Waals surface area contributed by atoms with Crippen LogP contribution in [0.15, 0.2) is 66.7 Å². The van der Waals surface area contributed by atoms with Crippen LogP contribution in [0.25, 0.3) is 0 Å². The second kappa shape index (κ2) is 10.8. The lowest BCUT2D eigenvalue weighted by molar-refractivity contribution is -0.147. The minimum absolute atomic E-state index is 0.0603. The summed E-state index contributed by atoms with van der Waals surface area (Å²) in [6.07, 6.45) is 0.785. The van der Waals surface area contributed by atoms with E-state index in [0.29, 0.717) is 47.7 Å². The summed E-state index contributed by atoms with van der Waals surface area (Å²) in [5.41, 5.74) is 1.80. The highest BCUT2D eigenvalue weighted by molar-refractivity contribution is 6.32. The molecule has 0 saturated heterocycles. The lowest BCUT2D eigenvalue weighted by Gasteiger charge is -2.12. The van der Waals surface area contributed by atoms with Gasteiger partial charge in [-0.3, -0.25) is 0 Å². The van der Waals surface area contributed by atoms with E-state index in [2.05, 4.69) is 0 Å². The van der Waals surface area contributed by atoms with E-state index >= 15 is 0 Å². The second-order valence-corrected chi connectivity index (χ2v) is 7.56. The van der Waals surface area contributed by atoms with Crippen LogP contribution in [0.2, 0.25) is 5.02 Å². The van der Waals surface area contributed by atoms with Gasteiger partial charge in [0.05, 0.1) is 18.2 Å². The van der Waals surface area contributed by atoms with E-state index in [0.717, 1.165) is 17.7 Å². The summed E-state index contributed by atoms with van der Waals surface area (Å²) in [5, 5.41) is 0.432. The van der Waals surface area contributed by atoms with Crippen LogP contribution in [0.1, 0.15) is 17.5 Å². The van der Waals surface area contributed by atoms with E-state index in [1.54, 1.807) is 36.4 Å². The lowest BCUT2D eigenvalue weighted by atomic mass is 10.2. The van der Waals surface area contributed by atoms with Gasteiger partial charge in [0, 0.05) is 6.42 Å². The van der Waals surface area contributed by atoms with Gasteiger partial charge in [-0.15, -0.1) is 0 Å². The van der Waals surface area contributed by atoms with Crippen LogP contribution in [0, 0.1) is 0 Å². The van der Waals surface area contributed by atoms with E-state index in [4.69, 9.17) is 35.3 Å².